The van der Waals surface area contributed by atoms with Crippen molar-refractivity contribution < 1.29 is 10.0 Å². The van der Waals surface area contributed by atoms with Crippen molar-refractivity contribution in [3.63, 3.8) is 0 Å². The van der Waals surface area contributed by atoms with Gasteiger partial charge in [-0.1, -0.05) is 53.7 Å². The molecule has 0 aliphatic carbocycles. The zero-order valence-electron chi connectivity index (χ0n) is 12.5. The highest BCUT2D eigenvalue weighted by atomic mass is 16.4. The van der Waals surface area contributed by atoms with Crippen LogP contribution in [0, 0.1) is 0 Å². The average molecular weight is 294 g/mol. The maximum atomic E-state index is 11.8. The Morgan fingerprint density at radius 1 is 1.18 bits per heavy atom. The summed E-state index contributed by atoms with van der Waals surface area (Å²) in [5, 5.41) is 12.8. The first kappa shape index (κ1) is 14.3. The van der Waals surface area contributed by atoms with Gasteiger partial charge < -0.3 is 10.1 Å². The minimum Gasteiger partial charge on any atom is -0.411 e. The normalized spacial score (nSPS) is 14.0. The molecule has 4 nitrogen and oxygen atoms in total. The Balaban J connectivity index is 1.97. The number of fused-ring (bicyclic) bond motifs is 1. The number of carbonyl (C=O) groups excluding carboxylic acids is 1. The number of anilines is 1. The molecular formula is C18H18N2O2. The third-order valence-electron chi connectivity index (χ3n) is 4.04. The largest absolute Gasteiger partial charge is 0.411 e. The third-order valence-corrected chi connectivity index (χ3v) is 4.04. The first-order valence-corrected chi connectivity index (χ1v) is 7.36. The summed E-state index contributed by atoms with van der Waals surface area (Å²) in [4.78, 5) is 13.6. The van der Waals surface area contributed by atoms with E-state index in [1.54, 1.807) is 6.92 Å². The van der Waals surface area contributed by atoms with Crippen LogP contribution in [-0.2, 0) is 17.6 Å². The molecule has 3 rings (SSSR count). The van der Waals surface area contributed by atoms with Gasteiger partial charge in [0.15, 0.2) is 0 Å². The summed E-state index contributed by atoms with van der Waals surface area (Å²) in [7, 11) is 0. The van der Waals surface area contributed by atoms with Crippen LogP contribution in [0.2, 0.25) is 0 Å². The summed E-state index contributed by atoms with van der Waals surface area (Å²) in [5.74, 6) is 0.0494. The van der Waals surface area contributed by atoms with Gasteiger partial charge in [-0.25, -0.2) is 0 Å². The SMILES string of the molecule is CC(=O)N1CCc2cccc(CC(=NO)c3ccccc3)c21. The molecule has 0 unspecified atom stereocenters. The Labute approximate surface area is 129 Å². The van der Waals surface area contributed by atoms with Crippen molar-refractivity contribution >= 4 is 17.3 Å². The lowest BCUT2D eigenvalue weighted by Gasteiger charge is -2.19. The molecule has 112 valence electrons. The molecule has 4 heteroatoms. The Hall–Kier alpha value is -2.62. The second kappa shape index (κ2) is 6.02. The van der Waals surface area contributed by atoms with Crippen molar-refractivity contribution in [2.45, 2.75) is 19.8 Å². The number of para-hydroxylation sites is 1. The number of carbonyl (C=O) groups is 1. The van der Waals surface area contributed by atoms with Gasteiger partial charge in [0.05, 0.1) is 11.4 Å². The molecule has 2 aromatic carbocycles. The number of benzene rings is 2. The van der Waals surface area contributed by atoms with Gasteiger partial charge in [0, 0.05) is 19.9 Å². The van der Waals surface area contributed by atoms with Crippen molar-refractivity contribution in [1.82, 2.24) is 0 Å². The molecule has 1 amide bonds. The minimum atomic E-state index is 0.0494. The number of nitrogens with zero attached hydrogens (tertiary/aromatic N) is 2. The summed E-state index contributed by atoms with van der Waals surface area (Å²) in [6.07, 6.45) is 1.37. The Morgan fingerprint density at radius 2 is 1.95 bits per heavy atom. The topological polar surface area (TPSA) is 52.9 Å². The first-order chi connectivity index (χ1) is 10.7. The van der Waals surface area contributed by atoms with Crippen molar-refractivity contribution in [1.29, 1.82) is 0 Å². The average Bonchev–Trinajstić information content (AvgIpc) is 2.98. The second-order valence-electron chi connectivity index (χ2n) is 5.44. The molecule has 0 bridgehead atoms. The van der Waals surface area contributed by atoms with E-state index in [-0.39, 0.29) is 5.91 Å². The van der Waals surface area contributed by atoms with E-state index >= 15 is 0 Å². The summed E-state index contributed by atoms with van der Waals surface area (Å²) in [6.45, 7) is 2.31. The van der Waals surface area contributed by atoms with Crippen LogP contribution in [0.4, 0.5) is 5.69 Å². The van der Waals surface area contributed by atoms with E-state index in [1.807, 2.05) is 47.4 Å². The molecule has 2 aromatic rings. The second-order valence-corrected chi connectivity index (χ2v) is 5.44. The molecule has 0 fully saturated rings. The molecule has 1 heterocycles. The van der Waals surface area contributed by atoms with E-state index in [0.717, 1.165) is 29.8 Å². The summed E-state index contributed by atoms with van der Waals surface area (Å²) >= 11 is 0. The van der Waals surface area contributed by atoms with Crippen molar-refractivity contribution in [2.24, 2.45) is 5.16 Å². The molecule has 0 radical (unpaired) electrons. The number of rotatable bonds is 3. The number of amides is 1. The molecule has 0 saturated heterocycles. The van der Waals surface area contributed by atoms with E-state index in [2.05, 4.69) is 11.2 Å². The predicted octanol–water partition coefficient (Wildman–Crippen LogP) is 3.02. The summed E-state index contributed by atoms with van der Waals surface area (Å²) in [5.41, 5.74) is 4.66. The van der Waals surface area contributed by atoms with Crippen molar-refractivity contribution in [3.8, 4) is 0 Å². The lowest BCUT2D eigenvalue weighted by atomic mass is 9.98. The smallest absolute Gasteiger partial charge is 0.223 e. The van der Waals surface area contributed by atoms with Crippen LogP contribution in [0.25, 0.3) is 0 Å². The molecule has 1 N–H and O–H groups in total. The molecule has 1 aliphatic heterocycles. The van der Waals surface area contributed by atoms with E-state index in [4.69, 9.17) is 0 Å². The van der Waals surface area contributed by atoms with Crippen LogP contribution in [0.3, 0.4) is 0 Å². The highest BCUT2D eigenvalue weighted by Gasteiger charge is 2.25. The number of hydrogen-bond acceptors (Lipinski definition) is 3. The quantitative estimate of drug-likeness (QED) is 0.537. The van der Waals surface area contributed by atoms with Gasteiger partial charge in [-0.05, 0) is 23.1 Å². The fourth-order valence-electron chi connectivity index (χ4n) is 3.00. The lowest BCUT2D eigenvalue weighted by Crippen LogP contribution is -2.27. The molecule has 1 aliphatic rings. The molecule has 22 heavy (non-hydrogen) atoms. The van der Waals surface area contributed by atoms with Gasteiger partial charge in [0.1, 0.15) is 0 Å². The fraction of sp³-hybridized carbons (Fsp3) is 0.222. The van der Waals surface area contributed by atoms with Crippen LogP contribution in [0.1, 0.15) is 23.6 Å². The predicted molar refractivity (Wildman–Crippen MR) is 86.6 cm³/mol. The lowest BCUT2D eigenvalue weighted by molar-refractivity contribution is -0.116. The van der Waals surface area contributed by atoms with Crippen LogP contribution < -0.4 is 4.90 Å². The summed E-state index contributed by atoms with van der Waals surface area (Å²) < 4.78 is 0. The molecule has 0 aromatic heterocycles. The fourth-order valence-corrected chi connectivity index (χ4v) is 3.00. The monoisotopic (exact) mass is 294 g/mol. The van der Waals surface area contributed by atoms with Crippen LogP contribution in [0.15, 0.2) is 53.7 Å². The minimum absolute atomic E-state index is 0.0494. The maximum Gasteiger partial charge on any atom is 0.223 e. The maximum absolute atomic E-state index is 11.8. The summed E-state index contributed by atoms with van der Waals surface area (Å²) in [6, 6.07) is 15.6. The van der Waals surface area contributed by atoms with Gasteiger partial charge in [-0.15, -0.1) is 0 Å². The Kier molecular flexibility index (Phi) is 3.92. The van der Waals surface area contributed by atoms with Gasteiger partial charge in [-0.2, -0.15) is 0 Å². The van der Waals surface area contributed by atoms with Crippen molar-refractivity contribution in [3.05, 3.63) is 65.2 Å². The van der Waals surface area contributed by atoms with Gasteiger partial charge in [0.2, 0.25) is 5.91 Å². The first-order valence-electron chi connectivity index (χ1n) is 7.36. The van der Waals surface area contributed by atoms with Crippen LogP contribution in [0.5, 0.6) is 0 Å². The highest BCUT2D eigenvalue weighted by Crippen LogP contribution is 2.32. The molecular weight excluding hydrogens is 276 g/mol. The number of oxime groups is 1. The highest BCUT2D eigenvalue weighted by molar-refractivity contribution is 6.03. The Morgan fingerprint density at radius 3 is 2.64 bits per heavy atom. The van der Waals surface area contributed by atoms with Crippen LogP contribution in [-0.4, -0.2) is 23.4 Å². The standard InChI is InChI=1S/C18H18N2O2/c1-13(21)20-11-10-15-8-5-9-16(18(15)20)12-17(19-22)14-6-3-2-4-7-14/h2-9,22H,10-12H2,1H3. The van der Waals surface area contributed by atoms with E-state index in [9.17, 15) is 10.0 Å². The molecule has 0 spiro atoms. The van der Waals surface area contributed by atoms with E-state index in [1.165, 1.54) is 5.56 Å². The third kappa shape index (κ3) is 2.60. The molecule has 0 saturated carbocycles. The molecule has 0 atom stereocenters. The van der Waals surface area contributed by atoms with Gasteiger partial charge in [0.25, 0.3) is 0 Å². The van der Waals surface area contributed by atoms with Crippen LogP contribution >= 0.6 is 0 Å². The number of hydrogen-bond donors (Lipinski definition) is 1. The van der Waals surface area contributed by atoms with Crippen molar-refractivity contribution in [2.75, 3.05) is 11.4 Å². The van der Waals surface area contributed by atoms with Gasteiger partial charge >= 0.3 is 0 Å². The van der Waals surface area contributed by atoms with E-state index in [0.29, 0.717) is 12.1 Å². The zero-order valence-corrected chi connectivity index (χ0v) is 12.5. The Bertz CT molecular complexity index is 723. The van der Waals surface area contributed by atoms with E-state index < -0.39 is 0 Å². The van der Waals surface area contributed by atoms with Gasteiger partial charge in [-0.3, -0.25) is 4.79 Å². The zero-order chi connectivity index (χ0) is 15.5.